The van der Waals surface area contributed by atoms with E-state index in [9.17, 15) is 9.18 Å². The number of nitrogens with zero attached hydrogens (tertiary/aromatic N) is 1. The number of carbonyl (C=O) groups is 1. The third-order valence-electron chi connectivity index (χ3n) is 1.98. The highest BCUT2D eigenvalue weighted by molar-refractivity contribution is 5.75. The molecule has 4 heteroatoms. The van der Waals surface area contributed by atoms with Gasteiger partial charge in [-0.2, -0.15) is 0 Å². The van der Waals surface area contributed by atoms with E-state index in [1.807, 2.05) is 0 Å². The molecule has 1 heterocycles. The van der Waals surface area contributed by atoms with Gasteiger partial charge in [0.1, 0.15) is 17.3 Å². The second-order valence-corrected chi connectivity index (χ2v) is 3.09. The molecule has 0 atom stereocenters. The lowest BCUT2D eigenvalue weighted by molar-refractivity contribution is 0.112. The van der Waals surface area contributed by atoms with Crippen LogP contribution in [0.1, 0.15) is 10.4 Å². The van der Waals surface area contributed by atoms with Crippen molar-refractivity contribution in [3.8, 4) is 11.5 Å². The van der Waals surface area contributed by atoms with Crippen LogP contribution in [-0.2, 0) is 0 Å². The van der Waals surface area contributed by atoms with E-state index in [0.717, 1.165) is 0 Å². The summed E-state index contributed by atoms with van der Waals surface area (Å²) in [6, 6.07) is 7.40. The summed E-state index contributed by atoms with van der Waals surface area (Å²) >= 11 is 0. The fraction of sp³-hybridized carbons (Fsp3) is 0. The van der Waals surface area contributed by atoms with Crippen molar-refractivity contribution in [1.82, 2.24) is 4.98 Å². The standard InChI is InChI=1S/C12H8FNO2/c13-12-7-11(2-1-9(12)8-15)16-10-3-5-14-6-4-10/h1-8H. The zero-order valence-electron chi connectivity index (χ0n) is 8.26. The molecule has 0 fully saturated rings. The Morgan fingerprint density at radius 3 is 2.50 bits per heavy atom. The maximum absolute atomic E-state index is 13.2. The molecule has 0 aliphatic heterocycles. The van der Waals surface area contributed by atoms with E-state index in [1.165, 1.54) is 18.2 Å². The first-order valence-corrected chi connectivity index (χ1v) is 4.62. The van der Waals surface area contributed by atoms with Gasteiger partial charge < -0.3 is 4.74 Å². The average Bonchev–Trinajstić information content (AvgIpc) is 2.31. The number of aromatic nitrogens is 1. The highest BCUT2D eigenvalue weighted by atomic mass is 19.1. The molecule has 0 bridgehead atoms. The summed E-state index contributed by atoms with van der Waals surface area (Å²) in [6.45, 7) is 0. The van der Waals surface area contributed by atoms with Crippen LogP contribution in [0.15, 0.2) is 42.7 Å². The lowest BCUT2D eigenvalue weighted by Gasteiger charge is -2.05. The Morgan fingerprint density at radius 1 is 1.12 bits per heavy atom. The summed E-state index contributed by atoms with van der Waals surface area (Å²) in [5.41, 5.74) is 0.0158. The van der Waals surface area contributed by atoms with Gasteiger partial charge in [-0.3, -0.25) is 9.78 Å². The Morgan fingerprint density at radius 2 is 1.88 bits per heavy atom. The number of rotatable bonds is 3. The van der Waals surface area contributed by atoms with E-state index >= 15 is 0 Å². The number of hydrogen-bond acceptors (Lipinski definition) is 3. The molecule has 0 aliphatic rings. The molecular weight excluding hydrogens is 209 g/mol. The van der Waals surface area contributed by atoms with Crippen molar-refractivity contribution in [3.63, 3.8) is 0 Å². The Balaban J connectivity index is 2.23. The number of ether oxygens (including phenoxy) is 1. The van der Waals surface area contributed by atoms with Crippen LogP contribution in [-0.4, -0.2) is 11.3 Å². The first-order valence-electron chi connectivity index (χ1n) is 4.62. The van der Waals surface area contributed by atoms with E-state index in [2.05, 4.69) is 4.98 Å². The van der Waals surface area contributed by atoms with E-state index < -0.39 is 5.82 Å². The summed E-state index contributed by atoms with van der Waals surface area (Å²) < 4.78 is 18.6. The number of pyridine rings is 1. The van der Waals surface area contributed by atoms with Crippen LogP contribution in [0.5, 0.6) is 11.5 Å². The maximum Gasteiger partial charge on any atom is 0.152 e. The molecule has 16 heavy (non-hydrogen) atoms. The molecule has 0 radical (unpaired) electrons. The summed E-state index contributed by atoms with van der Waals surface area (Å²) in [7, 11) is 0. The van der Waals surface area contributed by atoms with E-state index in [-0.39, 0.29) is 5.56 Å². The molecule has 0 spiro atoms. The molecule has 1 aromatic carbocycles. The van der Waals surface area contributed by atoms with Gasteiger partial charge in [0, 0.05) is 18.5 Å². The van der Waals surface area contributed by atoms with Gasteiger partial charge in [-0.15, -0.1) is 0 Å². The highest BCUT2D eigenvalue weighted by Crippen LogP contribution is 2.22. The zero-order chi connectivity index (χ0) is 11.4. The minimum Gasteiger partial charge on any atom is -0.457 e. The second-order valence-electron chi connectivity index (χ2n) is 3.09. The highest BCUT2D eigenvalue weighted by Gasteiger charge is 2.03. The smallest absolute Gasteiger partial charge is 0.152 e. The monoisotopic (exact) mass is 217 g/mol. The number of halogens is 1. The third kappa shape index (κ3) is 2.23. The molecular formula is C12H8FNO2. The SMILES string of the molecule is O=Cc1ccc(Oc2ccncc2)cc1F. The van der Waals surface area contributed by atoms with Crippen molar-refractivity contribution in [2.75, 3.05) is 0 Å². The van der Waals surface area contributed by atoms with Crippen LogP contribution >= 0.6 is 0 Å². The van der Waals surface area contributed by atoms with Gasteiger partial charge in [0.2, 0.25) is 0 Å². The van der Waals surface area contributed by atoms with Crippen LogP contribution in [0.3, 0.4) is 0 Å². The molecule has 0 unspecified atom stereocenters. The number of aldehydes is 1. The number of hydrogen-bond donors (Lipinski definition) is 0. The topological polar surface area (TPSA) is 39.2 Å². The normalized spacial score (nSPS) is 9.81. The van der Waals surface area contributed by atoms with Crippen molar-refractivity contribution in [3.05, 3.63) is 54.1 Å². The summed E-state index contributed by atoms with van der Waals surface area (Å²) in [6.07, 6.45) is 3.61. The molecule has 2 rings (SSSR count). The van der Waals surface area contributed by atoms with Gasteiger partial charge in [0.05, 0.1) is 5.56 Å². The summed E-state index contributed by atoms with van der Waals surface area (Å²) in [5, 5.41) is 0. The predicted molar refractivity (Wildman–Crippen MR) is 56.1 cm³/mol. The largest absolute Gasteiger partial charge is 0.457 e. The quantitative estimate of drug-likeness (QED) is 0.742. The Hall–Kier alpha value is -2.23. The molecule has 0 saturated heterocycles. The van der Waals surface area contributed by atoms with Gasteiger partial charge in [-0.25, -0.2) is 4.39 Å². The first kappa shape index (κ1) is 10.3. The van der Waals surface area contributed by atoms with Gasteiger partial charge >= 0.3 is 0 Å². The number of benzene rings is 1. The minimum absolute atomic E-state index is 0.0158. The van der Waals surface area contributed by atoms with Crippen molar-refractivity contribution < 1.29 is 13.9 Å². The van der Waals surface area contributed by atoms with Crippen LogP contribution in [0.25, 0.3) is 0 Å². The zero-order valence-corrected chi connectivity index (χ0v) is 8.26. The van der Waals surface area contributed by atoms with Crippen molar-refractivity contribution in [2.45, 2.75) is 0 Å². The molecule has 3 nitrogen and oxygen atoms in total. The van der Waals surface area contributed by atoms with Gasteiger partial charge in [-0.05, 0) is 24.3 Å². The molecule has 0 saturated carbocycles. The molecule has 0 N–H and O–H groups in total. The van der Waals surface area contributed by atoms with Crippen LogP contribution < -0.4 is 4.74 Å². The Kier molecular flexibility index (Phi) is 2.91. The Bertz CT molecular complexity index is 500. The third-order valence-corrected chi connectivity index (χ3v) is 1.98. The van der Waals surface area contributed by atoms with Crippen molar-refractivity contribution >= 4 is 6.29 Å². The van der Waals surface area contributed by atoms with Crippen molar-refractivity contribution in [2.24, 2.45) is 0 Å². The molecule has 80 valence electrons. The van der Waals surface area contributed by atoms with Gasteiger partial charge in [-0.1, -0.05) is 0 Å². The molecule has 0 amide bonds. The molecule has 2 aromatic rings. The second kappa shape index (κ2) is 4.53. The van der Waals surface area contributed by atoms with Crippen molar-refractivity contribution in [1.29, 1.82) is 0 Å². The Labute approximate surface area is 91.5 Å². The van der Waals surface area contributed by atoms with E-state index in [1.54, 1.807) is 24.5 Å². The van der Waals surface area contributed by atoms with E-state index in [4.69, 9.17) is 4.74 Å². The molecule has 1 aromatic heterocycles. The maximum atomic E-state index is 13.2. The van der Waals surface area contributed by atoms with Gasteiger partial charge in [0.15, 0.2) is 6.29 Å². The average molecular weight is 217 g/mol. The summed E-state index contributed by atoms with van der Waals surface area (Å²) in [5.74, 6) is 0.309. The number of carbonyl (C=O) groups excluding carboxylic acids is 1. The fourth-order valence-corrected chi connectivity index (χ4v) is 1.21. The van der Waals surface area contributed by atoms with Gasteiger partial charge in [0.25, 0.3) is 0 Å². The summed E-state index contributed by atoms with van der Waals surface area (Å²) in [4.78, 5) is 14.2. The van der Waals surface area contributed by atoms with Crippen LogP contribution in [0.4, 0.5) is 4.39 Å². The predicted octanol–water partition coefficient (Wildman–Crippen LogP) is 2.83. The lowest BCUT2D eigenvalue weighted by Crippen LogP contribution is -1.90. The first-order chi connectivity index (χ1) is 7.79. The minimum atomic E-state index is -0.596. The van der Waals surface area contributed by atoms with E-state index in [0.29, 0.717) is 17.8 Å². The lowest BCUT2D eigenvalue weighted by atomic mass is 10.2. The fourth-order valence-electron chi connectivity index (χ4n) is 1.21. The molecule has 0 aliphatic carbocycles. The van der Waals surface area contributed by atoms with Crippen LogP contribution in [0, 0.1) is 5.82 Å². The van der Waals surface area contributed by atoms with Crippen LogP contribution in [0.2, 0.25) is 0 Å².